The molecule has 1 nitrogen and oxygen atoms in total. The van der Waals surface area contributed by atoms with E-state index in [9.17, 15) is 0 Å². The average Bonchev–Trinajstić information content (AvgIpc) is 2.04. The van der Waals surface area contributed by atoms with Crippen molar-refractivity contribution in [3.63, 3.8) is 0 Å². The van der Waals surface area contributed by atoms with Crippen LogP contribution in [0.1, 0.15) is 27.2 Å². The van der Waals surface area contributed by atoms with Gasteiger partial charge in [-0.3, -0.25) is 0 Å². The van der Waals surface area contributed by atoms with Gasteiger partial charge in [-0.2, -0.15) is 0 Å². The van der Waals surface area contributed by atoms with Crippen LogP contribution >= 0.6 is 0 Å². The smallest absolute Gasteiger partial charge is 0.0644 e. The Bertz CT molecular complexity index is 86.9. The fourth-order valence-corrected chi connectivity index (χ4v) is 0.449. The maximum absolute atomic E-state index is 8.54. The van der Waals surface area contributed by atoms with Crippen LogP contribution in [0.2, 0.25) is 0 Å². The number of rotatable bonds is 3. The largest absolute Gasteiger partial charge is 0.392 e. The molecule has 0 bridgehead atoms. The van der Waals surface area contributed by atoms with Gasteiger partial charge >= 0.3 is 0 Å². The first-order valence-electron chi connectivity index (χ1n) is 3.76. The maximum Gasteiger partial charge on any atom is 0.0644 e. The van der Waals surface area contributed by atoms with Crippen LogP contribution in [0.5, 0.6) is 0 Å². The van der Waals surface area contributed by atoms with Gasteiger partial charge in [0.05, 0.1) is 6.61 Å². The number of allylic oxidation sites excluding steroid dienone is 2. The third-order valence-electron chi connectivity index (χ3n) is 1.01. The summed E-state index contributed by atoms with van der Waals surface area (Å²) in [6, 6.07) is 0. The van der Waals surface area contributed by atoms with Crippen molar-refractivity contribution in [2.45, 2.75) is 27.2 Å². The van der Waals surface area contributed by atoms with E-state index in [1.165, 1.54) is 0 Å². The zero-order chi connectivity index (χ0) is 8.41. The zero-order valence-corrected chi connectivity index (χ0v) is 7.22. The molecule has 10 heavy (non-hydrogen) atoms. The molecule has 0 aliphatic rings. The van der Waals surface area contributed by atoms with Gasteiger partial charge in [0.25, 0.3) is 0 Å². The molecule has 0 fully saturated rings. The van der Waals surface area contributed by atoms with E-state index in [0.29, 0.717) is 0 Å². The molecule has 0 saturated carbocycles. The van der Waals surface area contributed by atoms with E-state index in [4.69, 9.17) is 5.11 Å². The predicted molar refractivity (Wildman–Crippen MR) is 47.0 cm³/mol. The highest BCUT2D eigenvalue weighted by atomic mass is 16.3. The Hall–Kier alpha value is -0.560. The summed E-state index contributed by atoms with van der Waals surface area (Å²) in [7, 11) is 0. The first-order chi connectivity index (χ1) is 4.85. The minimum atomic E-state index is 0.155. The normalized spacial score (nSPS) is 9.80. The molecule has 0 saturated heterocycles. The van der Waals surface area contributed by atoms with Crippen LogP contribution in [-0.2, 0) is 0 Å². The molecule has 0 heterocycles. The van der Waals surface area contributed by atoms with Crippen LogP contribution in [0.15, 0.2) is 24.3 Å². The van der Waals surface area contributed by atoms with Crippen molar-refractivity contribution in [1.82, 2.24) is 0 Å². The third kappa shape index (κ3) is 7.44. The van der Waals surface area contributed by atoms with E-state index in [1.807, 2.05) is 26.8 Å². The van der Waals surface area contributed by atoms with Crippen LogP contribution in [-0.4, -0.2) is 11.7 Å². The molecule has 1 heteroatoms. The second kappa shape index (κ2) is 11.3. The topological polar surface area (TPSA) is 20.2 Å². The Morgan fingerprint density at radius 1 is 1.50 bits per heavy atom. The molecule has 0 amide bonds. The van der Waals surface area contributed by atoms with E-state index in [-0.39, 0.29) is 6.61 Å². The quantitative estimate of drug-likeness (QED) is 0.600. The lowest BCUT2D eigenvalue weighted by Crippen LogP contribution is -1.85. The molecule has 0 aromatic carbocycles. The van der Waals surface area contributed by atoms with Gasteiger partial charge in [0.2, 0.25) is 0 Å². The third-order valence-corrected chi connectivity index (χ3v) is 1.01. The summed E-state index contributed by atoms with van der Waals surface area (Å²) in [5.41, 5.74) is 1.03. The van der Waals surface area contributed by atoms with Gasteiger partial charge in [0.1, 0.15) is 0 Å². The van der Waals surface area contributed by atoms with Gasteiger partial charge < -0.3 is 5.11 Å². The van der Waals surface area contributed by atoms with E-state index < -0.39 is 0 Å². The fraction of sp³-hybridized carbons (Fsp3) is 0.556. The molecule has 0 rings (SSSR count). The molecule has 0 radical (unpaired) electrons. The highest BCUT2D eigenvalue weighted by molar-refractivity contribution is 5.09. The van der Waals surface area contributed by atoms with Crippen molar-refractivity contribution in [3.8, 4) is 0 Å². The Morgan fingerprint density at radius 3 is 2.10 bits per heavy atom. The molecule has 1 N–H and O–H groups in total. The minimum Gasteiger partial charge on any atom is -0.392 e. The van der Waals surface area contributed by atoms with Gasteiger partial charge in [0, 0.05) is 0 Å². The van der Waals surface area contributed by atoms with Crippen molar-refractivity contribution >= 4 is 0 Å². The van der Waals surface area contributed by atoms with Crippen molar-refractivity contribution in [3.05, 3.63) is 24.3 Å². The SMILES string of the molecule is C=C/C=C(\CC)CO.CC. The Labute approximate surface area is 64.1 Å². The highest BCUT2D eigenvalue weighted by Crippen LogP contribution is 1.96. The lowest BCUT2D eigenvalue weighted by molar-refractivity contribution is 0.328. The molecule has 0 spiro atoms. The molecule has 0 aliphatic carbocycles. The molecule has 0 aromatic rings. The highest BCUT2D eigenvalue weighted by Gasteiger charge is 1.84. The van der Waals surface area contributed by atoms with Crippen molar-refractivity contribution in [2.24, 2.45) is 0 Å². The van der Waals surface area contributed by atoms with Gasteiger partial charge in [-0.05, 0) is 12.0 Å². The lowest BCUT2D eigenvalue weighted by Gasteiger charge is -1.93. The van der Waals surface area contributed by atoms with Crippen LogP contribution in [0, 0.1) is 0 Å². The molecule has 0 unspecified atom stereocenters. The second-order valence-electron chi connectivity index (χ2n) is 1.57. The van der Waals surface area contributed by atoms with Gasteiger partial charge in [0.15, 0.2) is 0 Å². The summed E-state index contributed by atoms with van der Waals surface area (Å²) in [4.78, 5) is 0. The Morgan fingerprint density at radius 2 is 2.00 bits per heavy atom. The molecule has 0 atom stereocenters. The summed E-state index contributed by atoms with van der Waals surface area (Å²) in [5.74, 6) is 0. The van der Waals surface area contributed by atoms with Crippen molar-refractivity contribution in [2.75, 3.05) is 6.61 Å². The maximum atomic E-state index is 8.54. The van der Waals surface area contributed by atoms with Crippen molar-refractivity contribution in [1.29, 1.82) is 0 Å². The Balaban J connectivity index is 0. The predicted octanol–water partition coefficient (Wildman–Crippen LogP) is 2.53. The fourth-order valence-electron chi connectivity index (χ4n) is 0.449. The lowest BCUT2D eigenvalue weighted by atomic mass is 10.2. The van der Waals surface area contributed by atoms with Crippen LogP contribution in [0.4, 0.5) is 0 Å². The van der Waals surface area contributed by atoms with Crippen molar-refractivity contribution < 1.29 is 5.11 Å². The van der Waals surface area contributed by atoms with Gasteiger partial charge in [-0.15, -0.1) is 0 Å². The number of hydrogen-bond acceptors (Lipinski definition) is 1. The molecule has 60 valence electrons. The zero-order valence-electron chi connectivity index (χ0n) is 7.22. The summed E-state index contributed by atoms with van der Waals surface area (Å²) in [5, 5.41) is 8.54. The molecule has 0 aromatic heterocycles. The molecular weight excluding hydrogens is 124 g/mol. The first-order valence-corrected chi connectivity index (χ1v) is 3.76. The number of hydrogen-bond donors (Lipinski definition) is 1. The first kappa shape index (κ1) is 12.1. The van der Waals surface area contributed by atoms with Gasteiger partial charge in [-0.1, -0.05) is 39.5 Å². The minimum absolute atomic E-state index is 0.155. The van der Waals surface area contributed by atoms with E-state index in [0.717, 1.165) is 12.0 Å². The van der Waals surface area contributed by atoms with E-state index in [1.54, 1.807) is 6.08 Å². The van der Waals surface area contributed by atoms with E-state index >= 15 is 0 Å². The number of aliphatic hydroxyl groups excluding tert-OH is 1. The summed E-state index contributed by atoms with van der Waals surface area (Å²) in [6.07, 6.45) is 4.43. The molecular formula is C9H18O. The summed E-state index contributed by atoms with van der Waals surface area (Å²) in [6.45, 7) is 9.67. The monoisotopic (exact) mass is 142 g/mol. The van der Waals surface area contributed by atoms with Crippen LogP contribution in [0.25, 0.3) is 0 Å². The Kier molecular flexibility index (Phi) is 13.7. The summed E-state index contributed by atoms with van der Waals surface area (Å²) >= 11 is 0. The average molecular weight is 142 g/mol. The van der Waals surface area contributed by atoms with Crippen LogP contribution in [0.3, 0.4) is 0 Å². The standard InChI is InChI=1S/C7H12O.C2H6/c1-3-5-7(4-2)6-8;1-2/h3,5,8H,1,4,6H2,2H3;1-2H3/b7-5+;. The number of aliphatic hydroxyl groups is 1. The second-order valence-corrected chi connectivity index (χ2v) is 1.57. The summed E-state index contributed by atoms with van der Waals surface area (Å²) < 4.78 is 0. The van der Waals surface area contributed by atoms with E-state index in [2.05, 4.69) is 6.58 Å². The van der Waals surface area contributed by atoms with Crippen LogP contribution < -0.4 is 0 Å². The van der Waals surface area contributed by atoms with Gasteiger partial charge in [-0.25, -0.2) is 0 Å². The molecule has 0 aliphatic heterocycles.